The molecule has 3 nitrogen and oxygen atoms in total. The molecule has 1 aromatic heterocycles. The van der Waals surface area contributed by atoms with Crippen molar-refractivity contribution in [3.63, 3.8) is 0 Å². The first-order valence-corrected chi connectivity index (χ1v) is 4.75. The summed E-state index contributed by atoms with van der Waals surface area (Å²) in [6.45, 7) is 6.90. The molecule has 0 spiro atoms. The van der Waals surface area contributed by atoms with Crippen LogP contribution < -0.4 is 0 Å². The molecule has 0 atom stereocenters. The molecule has 4 heteroatoms. The summed E-state index contributed by atoms with van der Waals surface area (Å²) in [5.41, 5.74) is 1.91. The minimum Gasteiger partial charge on any atom is -0.375 e. The van der Waals surface area contributed by atoms with E-state index in [1.165, 1.54) is 6.20 Å². The molecule has 0 radical (unpaired) electrons. The first-order valence-electron chi connectivity index (χ1n) is 4.37. The Hall–Kier alpha value is -0.930. The van der Waals surface area contributed by atoms with Gasteiger partial charge in [-0.15, -0.1) is 6.58 Å². The summed E-state index contributed by atoms with van der Waals surface area (Å²) in [4.78, 5) is 7.95. The van der Waals surface area contributed by atoms with Crippen LogP contribution >= 0.6 is 11.6 Å². The molecule has 0 bridgehead atoms. The van der Waals surface area contributed by atoms with Gasteiger partial charge < -0.3 is 4.74 Å². The molecule has 1 aromatic rings. The van der Waals surface area contributed by atoms with Gasteiger partial charge in [-0.3, -0.25) is 4.98 Å². The summed E-state index contributed by atoms with van der Waals surface area (Å²) < 4.78 is 5.36. The van der Waals surface area contributed by atoms with E-state index < -0.39 is 0 Å². The Morgan fingerprint density at radius 2 is 2.29 bits per heavy atom. The van der Waals surface area contributed by atoms with Gasteiger partial charge in [0.1, 0.15) is 5.15 Å². The maximum absolute atomic E-state index is 5.59. The third-order valence-corrected chi connectivity index (χ3v) is 1.79. The topological polar surface area (TPSA) is 35.0 Å². The van der Waals surface area contributed by atoms with Gasteiger partial charge >= 0.3 is 0 Å². The molecule has 0 unspecified atom stereocenters. The Balaban J connectivity index is 2.25. The number of nitrogens with zero attached hydrogens (tertiary/aromatic N) is 2. The number of aromatic nitrogens is 2. The van der Waals surface area contributed by atoms with Crippen molar-refractivity contribution in [1.82, 2.24) is 9.97 Å². The highest BCUT2D eigenvalue weighted by atomic mass is 35.5. The highest BCUT2D eigenvalue weighted by Crippen LogP contribution is 2.03. The quantitative estimate of drug-likeness (QED) is 0.556. The molecule has 0 N–H and O–H groups in total. The average molecular weight is 213 g/mol. The summed E-state index contributed by atoms with van der Waals surface area (Å²) >= 11 is 5.59. The predicted octanol–water partition coefficient (Wildman–Crippen LogP) is 2.61. The molecule has 0 aliphatic rings. The fraction of sp³-hybridized carbons (Fsp3) is 0.400. The molecule has 0 aromatic carbocycles. The molecular weight excluding hydrogens is 200 g/mol. The van der Waals surface area contributed by atoms with Crippen LogP contribution in [0.3, 0.4) is 0 Å². The van der Waals surface area contributed by atoms with E-state index in [4.69, 9.17) is 16.3 Å². The molecule has 14 heavy (non-hydrogen) atoms. The summed E-state index contributed by atoms with van der Waals surface area (Å²) in [5, 5.41) is 0.399. The number of halogens is 1. The number of hydrogen-bond donors (Lipinski definition) is 0. The van der Waals surface area contributed by atoms with E-state index in [0.29, 0.717) is 18.4 Å². The van der Waals surface area contributed by atoms with Crippen LogP contribution in [0.5, 0.6) is 0 Å². The molecule has 0 fully saturated rings. The van der Waals surface area contributed by atoms with Crippen molar-refractivity contribution in [3.05, 3.63) is 35.4 Å². The van der Waals surface area contributed by atoms with Crippen molar-refractivity contribution < 1.29 is 4.74 Å². The lowest BCUT2D eigenvalue weighted by atomic mass is 10.3. The van der Waals surface area contributed by atoms with Crippen LogP contribution in [0.4, 0.5) is 0 Å². The van der Waals surface area contributed by atoms with E-state index in [9.17, 15) is 0 Å². The van der Waals surface area contributed by atoms with E-state index in [0.717, 1.165) is 17.7 Å². The lowest BCUT2D eigenvalue weighted by molar-refractivity contribution is 0.121. The molecule has 0 aliphatic heterocycles. The summed E-state index contributed by atoms with van der Waals surface area (Å²) in [7, 11) is 0. The normalized spacial score (nSPS) is 10.1. The van der Waals surface area contributed by atoms with Gasteiger partial charge in [0.15, 0.2) is 0 Å². The maximum Gasteiger partial charge on any atom is 0.147 e. The van der Waals surface area contributed by atoms with E-state index >= 15 is 0 Å². The van der Waals surface area contributed by atoms with Gasteiger partial charge in [0.25, 0.3) is 0 Å². The second-order valence-electron chi connectivity index (χ2n) is 3.09. The number of ether oxygens (including phenoxy) is 1. The second kappa shape index (κ2) is 5.73. The lowest BCUT2D eigenvalue weighted by Crippen LogP contribution is -1.98. The molecular formula is C10H13ClN2O. The molecule has 1 rings (SSSR count). The Morgan fingerprint density at radius 3 is 2.86 bits per heavy atom. The first kappa shape index (κ1) is 11.1. The lowest BCUT2D eigenvalue weighted by Gasteiger charge is -2.02. The van der Waals surface area contributed by atoms with Crippen LogP contribution in [-0.4, -0.2) is 16.6 Å². The van der Waals surface area contributed by atoms with Gasteiger partial charge in [0.05, 0.1) is 31.3 Å². The van der Waals surface area contributed by atoms with Crippen molar-refractivity contribution in [1.29, 1.82) is 0 Å². The standard InChI is InChI=1S/C10H13ClN2O/c1-8(2)3-4-14-7-9-5-13-10(11)6-12-9/h5-6H,1,3-4,7H2,2H3. The first-order chi connectivity index (χ1) is 6.68. The van der Waals surface area contributed by atoms with Gasteiger partial charge in [-0.2, -0.15) is 0 Å². The van der Waals surface area contributed by atoms with Crippen molar-refractivity contribution in [2.24, 2.45) is 0 Å². The summed E-state index contributed by atoms with van der Waals surface area (Å²) in [6.07, 6.45) is 4.00. The number of rotatable bonds is 5. The Bertz CT molecular complexity index is 297. The molecule has 0 saturated carbocycles. The van der Waals surface area contributed by atoms with E-state index in [1.807, 2.05) is 6.92 Å². The van der Waals surface area contributed by atoms with Crippen LogP contribution in [0.15, 0.2) is 24.5 Å². The summed E-state index contributed by atoms with van der Waals surface area (Å²) in [6, 6.07) is 0. The van der Waals surface area contributed by atoms with Crippen molar-refractivity contribution in [3.8, 4) is 0 Å². The molecule has 0 amide bonds. The van der Waals surface area contributed by atoms with E-state index in [-0.39, 0.29) is 0 Å². The molecule has 76 valence electrons. The smallest absolute Gasteiger partial charge is 0.147 e. The van der Waals surface area contributed by atoms with Crippen LogP contribution in [0, 0.1) is 0 Å². The zero-order valence-corrected chi connectivity index (χ0v) is 8.92. The highest BCUT2D eigenvalue weighted by molar-refractivity contribution is 6.29. The van der Waals surface area contributed by atoms with E-state index in [1.54, 1.807) is 6.20 Å². The molecule has 1 heterocycles. The van der Waals surface area contributed by atoms with Crippen LogP contribution in [0.1, 0.15) is 19.0 Å². The van der Waals surface area contributed by atoms with Gasteiger partial charge in [-0.25, -0.2) is 4.98 Å². The van der Waals surface area contributed by atoms with Crippen LogP contribution in [0.2, 0.25) is 5.15 Å². The minimum atomic E-state index is 0.399. The fourth-order valence-electron chi connectivity index (χ4n) is 0.837. The molecule has 0 aliphatic carbocycles. The predicted molar refractivity (Wildman–Crippen MR) is 56.1 cm³/mol. The zero-order valence-electron chi connectivity index (χ0n) is 8.16. The fourth-order valence-corrected chi connectivity index (χ4v) is 0.934. The minimum absolute atomic E-state index is 0.399. The Morgan fingerprint density at radius 1 is 1.50 bits per heavy atom. The van der Waals surface area contributed by atoms with Gasteiger partial charge in [-0.1, -0.05) is 17.2 Å². The second-order valence-corrected chi connectivity index (χ2v) is 3.48. The van der Waals surface area contributed by atoms with Gasteiger partial charge in [0.2, 0.25) is 0 Å². The highest BCUT2D eigenvalue weighted by Gasteiger charge is 1.96. The Kier molecular flexibility index (Phi) is 4.56. The zero-order chi connectivity index (χ0) is 10.4. The number of hydrogen-bond acceptors (Lipinski definition) is 3. The van der Waals surface area contributed by atoms with Crippen molar-refractivity contribution in [2.75, 3.05) is 6.61 Å². The van der Waals surface area contributed by atoms with Crippen molar-refractivity contribution >= 4 is 11.6 Å². The largest absolute Gasteiger partial charge is 0.375 e. The molecule has 0 saturated heterocycles. The third-order valence-electron chi connectivity index (χ3n) is 1.60. The Labute approximate surface area is 88.8 Å². The van der Waals surface area contributed by atoms with Crippen molar-refractivity contribution in [2.45, 2.75) is 20.0 Å². The monoisotopic (exact) mass is 212 g/mol. The van der Waals surface area contributed by atoms with Gasteiger partial charge in [0, 0.05) is 0 Å². The summed E-state index contributed by atoms with van der Waals surface area (Å²) in [5.74, 6) is 0. The van der Waals surface area contributed by atoms with Crippen LogP contribution in [-0.2, 0) is 11.3 Å². The third kappa shape index (κ3) is 4.35. The SMILES string of the molecule is C=C(C)CCOCc1cnc(Cl)cn1. The van der Waals surface area contributed by atoms with E-state index in [2.05, 4.69) is 16.5 Å². The average Bonchev–Trinajstić information content (AvgIpc) is 2.15. The maximum atomic E-state index is 5.59. The van der Waals surface area contributed by atoms with Crippen LogP contribution in [0.25, 0.3) is 0 Å². The van der Waals surface area contributed by atoms with Gasteiger partial charge in [-0.05, 0) is 13.3 Å².